The second kappa shape index (κ2) is 8.28. The molecule has 130 valence electrons. The van der Waals surface area contributed by atoms with Crippen LogP contribution in [-0.2, 0) is 11.3 Å². The summed E-state index contributed by atoms with van der Waals surface area (Å²) in [7, 11) is 0. The summed E-state index contributed by atoms with van der Waals surface area (Å²) in [4.78, 5) is 16.4. The van der Waals surface area contributed by atoms with Gasteiger partial charge in [0.25, 0.3) is 0 Å². The first kappa shape index (κ1) is 17.6. The second-order valence-corrected chi connectivity index (χ2v) is 6.46. The summed E-state index contributed by atoms with van der Waals surface area (Å²) in [6.45, 7) is 3.88. The molecule has 1 heterocycles. The number of nitrogens with zero attached hydrogens (tertiary/aromatic N) is 2. The van der Waals surface area contributed by atoms with E-state index in [0.29, 0.717) is 18.1 Å². The van der Waals surface area contributed by atoms with E-state index in [1.54, 1.807) is 17.0 Å². The van der Waals surface area contributed by atoms with E-state index >= 15 is 0 Å². The summed E-state index contributed by atoms with van der Waals surface area (Å²) in [5, 5.41) is 0.303. The molecule has 0 unspecified atom stereocenters. The Morgan fingerprint density at radius 2 is 1.76 bits per heavy atom. The van der Waals surface area contributed by atoms with Gasteiger partial charge in [-0.25, -0.2) is 4.39 Å². The van der Waals surface area contributed by atoms with Crippen LogP contribution in [0.1, 0.15) is 11.1 Å². The van der Waals surface area contributed by atoms with Crippen molar-refractivity contribution in [3.05, 3.63) is 76.6 Å². The molecule has 3 rings (SSSR count). The Kier molecular flexibility index (Phi) is 5.84. The van der Waals surface area contributed by atoms with Gasteiger partial charge in [0.15, 0.2) is 0 Å². The SMILES string of the molecule is O=C(C=Cc1c(F)cccc1Cl)N1CCN(Cc2ccccc2)CC1. The Hall–Kier alpha value is -2.17. The molecule has 25 heavy (non-hydrogen) atoms. The van der Waals surface area contributed by atoms with Gasteiger partial charge in [0.2, 0.25) is 5.91 Å². The van der Waals surface area contributed by atoms with Crippen molar-refractivity contribution in [3.63, 3.8) is 0 Å². The van der Waals surface area contributed by atoms with E-state index in [9.17, 15) is 9.18 Å². The maximum absolute atomic E-state index is 13.7. The van der Waals surface area contributed by atoms with Gasteiger partial charge in [-0.15, -0.1) is 0 Å². The van der Waals surface area contributed by atoms with E-state index in [1.165, 1.54) is 23.8 Å². The number of amides is 1. The average Bonchev–Trinajstić information content (AvgIpc) is 2.62. The molecule has 1 fully saturated rings. The molecule has 0 aromatic heterocycles. The smallest absolute Gasteiger partial charge is 0.246 e. The van der Waals surface area contributed by atoms with Crippen LogP contribution in [0, 0.1) is 5.82 Å². The number of halogens is 2. The van der Waals surface area contributed by atoms with Crippen LogP contribution >= 0.6 is 11.6 Å². The van der Waals surface area contributed by atoms with E-state index in [-0.39, 0.29) is 11.5 Å². The van der Waals surface area contributed by atoms with Crippen LogP contribution in [-0.4, -0.2) is 41.9 Å². The van der Waals surface area contributed by atoms with E-state index in [1.807, 2.05) is 18.2 Å². The van der Waals surface area contributed by atoms with Gasteiger partial charge >= 0.3 is 0 Å². The molecule has 0 spiro atoms. The third kappa shape index (κ3) is 4.68. The largest absolute Gasteiger partial charge is 0.337 e. The summed E-state index contributed by atoms with van der Waals surface area (Å²) in [5.41, 5.74) is 1.52. The zero-order valence-corrected chi connectivity index (χ0v) is 14.6. The lowest BCUT2D eigenvalue weighted by molar-refractivity contribution is -0.127. The summed E-state index contributed by atoms with van der Waals surface area (Å²) in [6, 6.07) is 14.8. The van der Waals surface area contributed by atoms with Crippen LogP contribution in [0.4, 0.5) is 4.39 Å². The van der Waals surface area contributed by atoms with Crippen LogP contribution in [0.5, 0.6) is 0 Å². The fourth-order valence-electron chi connectivity index (χ4n) is 2.90. The quantitative estimate of drug-likeness (QED) is 0.775. The molecule has 1 aliphatic heterocycles. The van der Waals surface area contributed by atoms with Gasteiger partial charge in [0, 0.05) is 44.4 Å². The van der Waals surface area contributed by atoms with Crippen molar-refractivity contribution < 1.29 is 9.18 Å². The van der Waals surface area contributed by atoms with Crippen molar-refractivity contribution in [2.75, 3.05) is 26.2 Å². The number of carbonyl (C=O) groups is 1. The van der Waals surface area contributed by atoms with Crippen LogP contribution in [0.2, 0.25) is 5.02 Å². The Labute approximate surface area is 152 Å². The Balaban J connectivity index is 1.54. The Bertz CT molecular complexity index is 735. The second-order valence-electron chi connectivity index (χ2n) is 6.06. The molecule has 2 aromatic carbocycles. The molecule has 0 saturated carbocycles. The van der Waals surface area contributed by atoms with Crippen molar-refractivity contribution >= 4 is 23.6 Å². The first-order valence-electron chi connectivity index (χ1n) is 8.31. The highest BCUT2D eigenvalue weighted by Gasteiger charge is 2.19. The molecule has 1 aliphatic rings. The van der Waals surface area contributed by atoms with Crippen molar-refractivity contribution in [3.8, 4) is 0 Å². The molecular weight excluding hydrogens is 339 g/mol. The highest BCUT2D eigenvalue weighted by Crippen LogP contribution is 2.20. The van der Waals surface area contributed by atoms with Gasteiger partial charge < -0.3 is 4.90 Å². The minimum Gasteiger partial charge on any atom is -0.337 e. The monoisotopic (exact) mass is 358 g/mol. The lowest BCUT2D eigenvalue weighted by Crippen LogP contribution is -2.47. The zero-order valence-electron chi connectivity index (χ0n) is 13.9. The van der Waals surface area contributed by atoms with Crippen molar-refractivity contribution in [2.24, 2.45) is 0 Å². The maximum Gasteiger partial charge on any atom is 0.246 e. The van der Waals surface area contributed by atoms with E-state index in [0.717, 1.165) is 19.6 Å². The Morgan fingerprint density at radius 3 is 2.44 bits per heavy atom. The molecular formula is C20H20ClFN2O. The predicted octanol–water partition coefficient (Wildman–Crippen LogP) is 3.84. The molecule has 0 N–H and O–H groups in total. The summed E-state index contributed by atoms with van der Waals surface area (Å²) < 4.78 is 13.7. The summed E-state index contributed by atoms with van der Waals surface area (Å²) in [5.74, 6) is -0.539. The number of carbonyl (C=O) groups excluding carboxylic acids is 1. The van der Waals surface area contributed by atoms with Gasteiger partial charge in [-0.3, -0.25) is 9.69 Å². The molecule has 0 atom stereocenters. The standard InChI is InChI=1S/C20H20ClFN2O/c21-18-7-4-8-19(22)17(18)9-10-20(25)24-13-11-23(12-14-24)15-16-5-2-1-3-6-16/h1-10H,11-15H2. The van der Waals surface area contributed by atoms with E-state index < -0.39 is 5.82 Å². The van der Waals surface area contributed by atoms with Crippen LogP contribution < -0.4 is 0 Å². The maximum atomic E-state index is 13.7. The van der Waals surface area contributed by atoms with E-state index in [4.69, 9.17) is 11.6 Å². The molecule has 1 saturated heterocycles. The molecule has 0 radical (unpaired) electrons. The molecule has 0 bridgehead atoms. The molecule has 3 nitrogen and oxygen atoms in total. The molecule has 5 heteroatoms. The Morgan fingerprint density at radius 1 is 1.04 bits per heavy atom. The molecule has 2 aromatic rings. The number of hydrogen-bond acceptors (Lipinski definition) is 2. The van der Waals surface area contributed by atoms with Crippen molar-refractivity contribution in [1.29, 1.82) is 0 Å². The van der Waals surface area contributed by atoms with Gasteiger partial charge in [0.1, 0.15) is 5.82 Å². The third-order valence-electron chi connectivity index (χ3n) is 4.33. The highest BCUT2D eigenvalue weighted by molar-refractivity contribution is 6.32. The van der Waals surface area contributed by atoms with Crippen LogP contribution in [0.3, 0.4) is 0 Å². The lowest BCUT2D eigenvalue weighted by Gasteiger charge is -2.34. The lowest BCUT2D eigenvalue weighted by atomic mass is 10.2. The first-order valence-corrected chi connectivity index (χ1v) is 8.68. The summed E-state index contributed by atoms with van der Waals surface area (Å²) in [6.07, 6.45) is 2.85. The molecule has 1 amide bonds. The number of piperazine rings is 1. The number of benzene rings is 2. The highest BCUT2D eigenvalue weighted by atomic mass is 35.5. The van der Waals surface area contributed by atoms with Crippen molar-refractivity contribution in [2.45, 2.75) is 6.54 Å². The zero-order chi connectivity index (χ0) is 17.6. The average molecular weight is 359 g/mol. The summed E-state index contributed by atoms with van der Waals surface area (Å²) >= 11 is 5.97. The fourth-order valence-corrected chi connectivity index (χ4v) is 3.12. The fraction of sp³-hybridized carbons (Fsp3) is 0.250. The number of hydrogen-bond donors (Lipinski definition) is 0. The van der Waals surface area contributed by atoms with Gasteiger partial charge in [-0.1, -0.05) is 48.0 Å². The normalized spacial score (nSPS) is 15.7. The van der Waals surface area contributed by atoms with E-state index in [2.05, 4.69) is 17.0 Å². The third-order valence-corrected chi connectivity index (χ3v) is 4.65. The molecule has 0 aliphatic carbocycles. The van der Waals surface area contributed by atoms with Gasteiger partial charge in [-0.05, 0) is 23.8 Å². The first-order chi connectivity index (χ1) is 12.1. The number of rotatable bonds is 4. The topological polar surface area (TPSA) is 23.6 Å². The van der Waals surface area contributed by atoms with Gasteiger partial charge in [0.05, 0.1) is 5.02 Å². The van der Waals surface area contributed by atoms with Crippen molar-refractivity contribution in [1.82, 2.24) is 9.80 Å². The van der Waals surface area contributed by atoms with Crippen LogP contribution in [0.15, 0.2) is 54.6 Å². The van der Waals surface area contributed by atoms with Crippen LogP contribution in [0.25, 0.3) is 6.08 Å². The predicted molar refractivity (Wildman–Crippen MR) is 98.7 cm³/mol. The minimum atomic E-state index is -0.427. The van der Waals surface area contributed by atoms with Gasteiger partial charge in [-0.2, -0.15) is 0 Å². The minimum absolute atomic E-state index is 0.112.